The van der Waals surface area contributed by atoms with Crippen LogP contribution in [-0.2, 0) is 35.6 Å². The van der Waals surface area contributed by atoms with E-state index in [-0.39, 0.29) is 18.5 Å². The normalized spacial score (nSPS) is 13.5. The SMILES string of the molecule is CC(C)(C)C(=O)OCn1cnc(-c2ccc(-c3ccc(F)c(CNC4Cc5ccccc5C4)c3)cc2)n1. The predicted molar refractivity (Wildman–Crippen MR) is 141 cm³/mol. The Bertz CT molecular complexity index is 1380. The van der Waals surface area contributed by atoms with Gasteiger partial charge in [0.2, 0.25) is 0 Å². The minimum Gasteiger partial charge on any atom is -0.442 e. The standard InChI is InChI=1S/C30H31FN4O2/c1-30(2,3)29(36)37-19-35-18-33-28(34-35)21-10-8-20(9-11-21)24-12-13-27(31)25(14-24)17-32-26-15-22-6-4-5-7-23(22)16-26/h4-14,18,26,32H,15-17,19H2,1-3H3. The first-order chi connectivity index (χ1) is 17.8. The number of benzene rings is 3. The van der Waals surface area contributed by atoms with Gasteiger partial charge < -0.3 is 10.1 Å². The van der Waals surface area contributed by atoms with E-state index in [1.54, 1.807) is 33.2 Å². The van der Waals surface area contributed by atoms with Crippen molar-refractivity contribution in [2.45, 2.75) is 52.9 Å². The first kappa shape index (κ1) is 24.8. The van der Waals surface area contributed by atoms with Crippen LogP contribution < -0.4 is 5.32 Å². The number of carbonyl (C=O) groups excluding carboxylic acids is 1. The highest BCUT2D eigenvalue weighted by molar-refractivity contribution is 5.75. The van der Waals surface area contributed by atoms with Crippen molar-refractivity contribution < 1.29 is 13.9 Å². The van der Waals surface area contributed by atoms with Gasteiger partial charge in [-0.3, -0.25) is 4.79 Å². The van der Waals surface area contributed by atoms with E-state index >= 15 is 0 Å². The molecular weight excluding hydrogens is 467 g/mol. The van der Waals surface area contributed by atoms with Crippen molar-refractivity contribution in [2.24, 2.45) is 5.41 Å². The highest BCUT2D eigenvalue weighted by Gasteiger charge is 2.23. The summed E-state index contributed by atoms with van der Waals surface area (Å²) in [4.78, 5) is 16.3. The smallest absolute Gasteiger partial charge is 0.313 e. The lowest BCUT2D eigenvalue weighted by Gasteiger charge is -2.16. The molecule has 1 aromatic heterocycles. The molecule has 1 N–H and O–H groups in total. The minimum atomic E-state index is -0.572. The van der Waals surface area contributed by atoms with Crippen molar-refractivity contribution in [3.63, 3.8) is 0 Å². The summed E-state index contributed by atoms with van der Waals surface area (Å²) >= 11 is 0. The number of fused-ring (bicyclic) bond motifs is 1. The van der Waals surface area contributed by atoms with Crippen molar-refractivity contribution in [2.75, 3.05) is 0 Å². The van der Waals surface area contributed by atoms with Crippen LogP contribution >= 0.6 is 0 Å². The molecule has 3 aromatic carbocycles. The molecule has 0 amide bonds. The fourth-order valence-corrected chi connectivity index (χ4v) is 4.49. The van der Waals surface area contributed by atoms with Gasteiger partial charge in [-0.05, 0) is 68.0 Å². The van der Waals surface area contributed by atoms with Crippen LogP contribution in [0.2, 0.25) is 0 Å². The summed E-state index contributed by atoms with van der Waals surface area (Å²) in [5.74, 6) is 0.0429. The van der Waals surface area contributed by atoms with Crippen molar-refractivity contribution in [1.29, 1.82) is 0 Å². The van der Waals surface area contributed by atoms with Crippen LogP contribution in [0.15, 0.2) is 73.1 Å². The van der Waals surface area contributed by atoms with Gasteiger partial charge >= 0.3 is 5.97 Å². The minimum absolute atomic E-state index is 0.0144. The van der Waals surface area contributed by atoms with Gasteiger partial charge in [-0.15, -0.1) is 5.10 Å². The second kappa shape index (κ2) is 10.3. The number of halogens is 1. The molecule has 37 heavy (non-hydrogen) atoms. The highest BCUT2D eigenvalue weighted by atomic mass is 19.1. The summed E-state index contributed by atoms with van der Waals surface area (Å²) in [5.41, 5.74) is 5.61. The number of nitrogens with zero attached hydrogens (tertiary/aromatic N) is 3. The van der Waals surface area contributed by atoms with Gasteiger partial charge in [0.05, 0.1) is 5.41 Å². The van der Waals surface area contributed by atoms with Gasteiger partial charge in [-0.25, -0.2) is 14.1 Å². The number of esters is 1. The number of hydrogen-bond donors (Lipinski definition) is 1. The van der Waals surface area contributed by atoms with Crippen molar-refractivity contribution >= 4 is 5.97 Å². The molecule has 0 radical (unpaired) electrons. The molecule has 5 rings (SSSR count). The lowest BCUT2D eigenvalue weighted by atomic mass is 9.98. The monoisotopic (exact) mass is 498 g/mol. The summed E-state index contributed by atoms with van der Waals surface area (Å²) in [5, 5.41) is 7.94. The van der Waals surface area contributed by atoms with Gasteiger partial charge in [-0.1, -0.05) is 54.6 Å². The zero-order valence-electron chi connectivity index (χ0n) is 21.4. The van der Waals surface area contributed by atoms with E-state index in [9.17, 15) is 9.18 Å². The molecule has 1 heterocycles. The van der Waals surface area contributed by atoms with E-state index in [1.165, 1.54) is 21.9 Å². The maximum Gasteiger partial charge on any atom is 0.313 e. The average molecular weight is 499 g/mol. The third-order valence-corrected chi connectivity index (χ3v) is 6.63. The zero-order valence-corrected chi connectivity index (χ0v) is 21.4. The van der Waals surface area contributed by atoms with Gasteiger partial charge in [0.25, 0.3) is 0 Å². The Morgan fingerprint density at radius 2 is 1.65 bits per heavy atom. The van der Waals surface area contributed by atoms with Crippen LogP contribution in [0.4, 0.5) is 4.39 Å². The van der Waals surface area contributed by atoms with Crippen LogP contribution in [0.1, 0.15) is 37.5 Å². The van der Waals surface area contributed by atoms with E-state index in [4.69, 9.17) is 4.74 Å². The zero-order chi connectivity index (χ0) is 26.0. The van der Waals surface area contributed by atoms with E-state index in [0.29, 0.717) is 24.0 Å². The molecular formula is C30H31FN4O2. The van der Waals surface area contributed by atoms with Gasteiger partial charge in [0.15, 0.2) is 12.6 Å². The summed E-state index contributed by atoms with van der Waals surface area (Å²) in [6.45, 7) is 5.91. The molecule has 0 bridgehead atoms. The van der Waals surface area contributed by atoms with E-state index in [1.807, 2.05) is 30.3 Å². The Balaban J connectivity index is 1.22. The molecule has 0 spiro atoms. The van der Waals surface area contributed by atoms with Crippen LogP contribution in [-0.4, -0.2) is 26.8 Å². The van der Waals surface area contributed by atoms with Gasteiger partial charge in [0, 0.05) is 23.7 Å². The molecule has 0 fully saturated rings. The number of aromatic nitrogens is 3. The van der Waals surface area contributed by atoms with Crippen LogP contribution in [0.25, 0.3) is 22.5 Å². The molecule has 0 saturated carbocycles. The number of hydrogen-bond acceptors (Lipinski definition) is 5. The van der Waals surface area contributed by atoms with Crippen LogP contribution in [0.5, 0.6) is 0 Å². The maximum absolute atomic E-state index is 14.6. The predicted octanol–water partition coefficient (Wildman–Crippen LogP) is 5.56. The summed E-state index contributed by atoms with van der Waals surface area (Å²) in [7, 11) is 0. The number of nitrogens with one attached hydrogen (secondary N) is 1. The fourth-order valence-electron chi connectivity index (χ4n) is 4.49. The summed E-state index contributed by atoms with van der Waals surface area (Å²) < 4.78 is 21.4. The Morgan fingerprint density at radius 1 is 1.00 bits per heavy atom. The summed E-state index contributed by atoms with van der Waals surface area (Å²) in [6, 6.07) is 21.9. The van der Waals surface area contributed by atoms with Crippen molar-refractivity contribution in [3.05, 3.63) is 95.6 Å². The molecule has 6 nitrogen and oxygen atoms in total. The average Bonchev–Trinajstić information content (AvgIpc) is 3.53. The molecule has 0 unspecified atom stereocenters. The first-order valence-corrected chi connectivity index (χ1v) is 12.5. The number of carbonyl (C=O) groups is 1. The molecule has 0 aliphatic heterocycles. The third-order valence-electron chi connectivity index (χ3n) is 6.63. The molecule has 4 aromatic rings. The van der Waals surface area contributed by atoms with Gasteiger partial charge in [-0.2, -0.15) is 0 Å². The number of rotatable bonds is 7. The lowest BCUT2D eigenvalue weighted by Crippen LogP contribution is -2.29. The van der Waals surface area contributed by atoms with Crippen molar-refractivity contribution in [3.8, 4) is 22.5 Å². The second-order valence-electron chi connectivity index (χ2n) is 10.6. The molecule has 1 aliphatic rings. The fraction of sp³-hybridized carbons (Fsp3) is 0.300. The number of ether oxygens (including phenoxy) is 1. The Morgan fingerprint density at radius 3 is 2.32 bits per heavy atom. The van der Waals surface area contributed by atoms with E-state index in [0.717, 1.165) is 29.5 Å². The quantitative estimate of drug-likeness (QED) is 0.338. The highest BCUT2D eigenvalue weighted by Crippen LogP contribution is 2.26. The third kappa shape index (κ3) is 5.78. The molecule has 1 aliphatic carbocycles. The topological polar surface area (TPSA) is 69.0 Å². The van der Waals surface area contributed by atoms with Gasteiger partial charge in [0.1, 0.15) is 12.1 Å². The first-order valence-electron chi connectivity index (χ1n) is 12.5. The van der Waals surface area contributed by atoms with Crippen molar-refractivity contribution in [1.82, 2.24) is 20.1 Å². The maximum atomic E-state index is 14.6. The van der Waals surface area contributed by atoms with Crippen LogP contribution in [0.3, 0.4) is 0 Å². The molecule has 7 heteroatoms. The summed E-state index contributed by atoms with van der Waals surface area (Å²) in [6.07, 6.45) is 3.49. The lowest BCUT2D eigenvalue weighted by molar-refractivity contribution is -0.157. The second-order valence-corrected chi connectivity index (χ2v) is 10.6. The van der Waals surface area contributed by atoms with E-state index in [2.05, 4.69) is 39.7 Å². The molecule has 0 saturated heterocycles. The Hall–Kier alpha value is -3.84. The Labute approximate surface area is 216 Å². The molecule has 190 valence electrons. The molecule has 0 atom stereocenters. The van der Waals surface area contributed by atoms with E-state index < -0.39 is 5.41 Å². The largest absolute Gasteiger partial charge is 0.442 e. The Kier molecular flexibility index (Phi) is 6.89. The van der Waals surface area contributed by atoms with Crippen LogP contribution in [0, 0.1) is 11.2 Å².